The van der Waals surface area contributed by atoms with Crippen LogP contribution in [0.2, 0.25) is 0 Å². The topological polar surface area (TPSA) is 102 Å². The van der Waals surface area contributed by atoms with Gasteiger partial charge in [0.25, 0.3) is 10.0 Å². The molecule has 1 aromatic rings. The van der Waals surface area contributed by atoms with Gasteiger partial charge < -0.3 is 15.8 Å². The third-order valence-corrected chi connectivity index (χ3v) is 6.23. The van der Waals surface area contributed by atoms with Gasteiger partial charge in [0.05, 0.1) is 13.2 Å². The first-order valence-corrected chi connectivity index (χ1v) is 8.50. The average molecular weight is 319 g/mol. The Morgan fingerprint density at radius 3 is 3.00 bits per heavy atom. The zero-order valence-electron chi connectivity index (χ0n) is 11.0. The van der Waals surface area contributed by atoms with Crippen molar-refractivity contribution < 1.29 is 17.9 Å². The standard InChI is InChI=1S/C11H17N3O4S2/c1-2-13-11(15)9-6-18-4-3-14(9)20(16,17)10-5-8(12)7-19-10/h5,7,9H,2-4,6,12H2,1H3,(H,13,15). The lowest BCUT2D eigenvalue weighted by molar-refractivity contribution is -0.129. The molecule has 7 nitrogen and oxygen atoms in total. The van der Waals surface area contributed by atoms with Crippen LogP contribution in [0.15, 0.2) is 15.7 Å². The molecular formula is C11H17N3O4S2. The highest BCUT2D eigenvalue weighted by Gasteiger charge is 2.38. The Kier molecular flexibility index (Phi) is 4.63. The first kappa shape index (κ1) is 15.2. The number of hydrogen-bond donors (Lipinski definition) is 2. The molecular weight excluding hydrogens is 302 g/mol. The second kappa shape index (κ2) is 6.08. The number of nitrogens with two attached hydrogens (primary N) is 1. The molecule has 1 fully saturated rings. The van der Waals surface area contributed by atoms with Crippen LogP contribution in [0.3, 0.4) is 0 Å². The SMILES string of the molecule is CCNC(=O)C1COCCN1S(=O)(=O)c1cc(N)cs1. The fourth-order valence-electron chi connectivity index (χ4n) is 1.96. The third kappa shape index (κ3) is 2.95. The normalized spacial score (nSPS) is 20.8. The second-order valence-corrected chi connectivity index (χ2v) is 7.33. The van der Waals surface area contributed by atoms with Crippen molar-refractivity contribution in [3.63, 3.8) is 0 Å². The number of nitrogens with one attached hydrogen (secondary N) is 1. The van der Waals surface area contributed by atoms with E-state index in [9.17, 15) is 13.2 Å². The van der Waals surface area contributed by atoms with Gasteiger partial charge in [-0.25, -0.2) is 8.42 Å². The molecule has 1 aliphatic rings. The molecule has 1 unspecified atom stereocenters. The molecule has 1 atom stereocenters. The molecule has 0 saturated carbocycles. The van der Waals surface area contributed by atoms with E-state index in [1.165, 1.54) is 10.4 Å². The summed E-state index contributed by atoms with van der Waals surface area (Å²) in [5.74, 6) is -0.347. The molecule has 0 bridgehead atoms. The van der Waals surface area contributed by atoms with Crippen LogP contribution in [-0.4, -0.2) is 51.0 Å². The van der Waals surface area contributed by atoms with Crippen molar-refractivity contribution in [1.82, 2.24) is 9.62 Å². The molecule has 112 valence electrons. The van der Waals surface area contributed by atoms with Crippen LogP contribution in [0, 0.1) is 0 Å². The maximum atomic E-state index is 12.6. The van der Waals surface area contributed by atoms with Crippen LogP contribution in [0.25, 0.3) is 0 Å². The van der Waals surface area contributed by atoms with E-state index in [2.05, 4.69) is 5.32 Å². The number of thiophene rings is 1. The van der Waals surface area contributed by atoms with E-state index < -0.39 is 16.1 Å². The number of morpholine rings is 1. The van der Waals surface area contributed by atoms with Crippen molar-refractivity contribution in [2.75, 3.05) is 32.0 Å². The monoisotopic (exact) mass is 319 g/mol. The van der Waals surface area contributed by atoms with Crippen LogP contribution >= 0.6 is 11.3 Å². The Hall–Kier alpha value is -1.16. The summed E-state index contributed by atoms with van der Waals surface area (Å²) >= 11 is 1.05. The summed E-state index contributed by atoms with van der Waals surface area (Å²) in [7, 11) is -3.72. The maximum absolute atomic E-state index is 12.6. The van der Waals surface area contributed by atoms with Crippen molar-refractivity contribution in [3.05, 3.63) is 11.4 Å². The first-order chi connectivity index (χ1) is 9.46. The molecule has 1 amide bonds. The maximum Gasteiger partial charge on any atom is 0.253 e. The number of sulfonamides is 1. The highest BCUT2D eigenvalue weighted by molar-refractivity contribution is 7.91. The van der Waals surface area contributed by atoms with E-state index in [0.717, 1.165) is 11.3 Å². The van der Waals surface area contributed by atoms with Gasteiger partial charge in [0.1, 0.15) is 10.3 Å². The summed E-state index contributed by atoms with van der Waals surface area (Å²) < 4.78 is 31.7. The molecule has 1 saturated heterocycles. The average Bonchev–Trinajstić information content (AvgIpc) is 2.86. The second-order valence-electron chi connectivity index (χ2n) is 4.30. The molecule has 9 heteroatoms. The summed E-state index contributed by atoms with van der Waals surface area (Å²) in [6, 6.07) is 0.571. The number of nitrogen functional groups attached to an aromatic ring is 1. The molecule has 2 heterocycles. The molecule has 3 N–H and O–H groups in total. The van der Waals surface area contributed by atoms with Gasteiger partial charge in [-0.3, -0.25) is 4.79 Å². The Labute approximate surface area is 121 Å². The van der Waals surface area contributed by atoms with Gasteiger partial charge in [-0.1, -0.05) is 0 Å². The highest BCUT2D eigenvalue weighted by atomic mass is 32.2. The molecule has 0 radical (unpaired) electrons. The number of ether oxygens (including phenoxy) is 1. The minimum Gasteiger partial charge on any atom is -0.398 e. The first-order valence-electron chi connectivity index (χ1n) is 6.18. The Balaban J connectivity index is 2.29. The third-order valence-electron chi connectivity index (χ3n) is 2.89. The Morgan fingerprint density at radius 2 is 2.40 bits per heavy atom. The largest absolute Gasteiger partial charge is 0.398 e. The number of hydrogen-bond acceptors (Lipinski definition) is 6. The lowest BCUT2D eigenvalue weighted by Gasteiger charge is -2.33. The number of nitrogens with zero attached hydrogens (tertiary/aromatic N) is 1. The van der Waals surface area contributed by atoms with E-state index in [1.807, 2.05) is 0 Å². The summed E-state index contributed by atoms with van der Waals surface area (Å²) in [6.07, 6.45) is 0. The number of amides is 1. The van der Waals surface area contributed by atoms with E-state index in [0.29, 0.717) is 12.2 Å². The molecule has 1 aliphatic heterocycles. The quantitative estimate of drug-likeness (QED) is 0.804. The number of likely N-dealkylation sites (N-methyl/N-ethyl adjacent to an activating group) is 1. The minimum absolute atomic E-state index is 0.0614. The zero-order chi connectivity index (χ0) is 14.8. The minimum atomic E-state index is -3.72. The van der Waals surface area contributed by atoms with E-state index in [4.69, 9.17) is 10.5 Å². The Morgan fingerprint density at radius 1 is 1.65 bits per heavy atom. The molecule has 2 rings (SSSR count). The van der Waals surface area contributed by atoms with Crippen molar-refractivity contribution in [1.29, 1.82) is 0 Å². The molecule has 20 heavy (non-hydrogen) atoms. The van der Waals surface area contributed by atoms with Crippen LogP contribution in [0.4, 0.5) is 5.69 Å². The van der Waals surface area contributed by atoms with Gasteiger partial charge in [0, 0.05) is 24.2 Å². The molecule has 0 aliphatic carbocycles. The lowest BCUT2D eigenvalue weighted by atomic mass is 10.2. The van der Waals surface area contributed by atoms with Crippen LogP contribution in [-0.2, 0) is 19.6 Å². The van der Waals surface area contributed by atoms with Gasteiger partial charge in [-0.05, 0) is 13.0 Å². The van der Waals surface area contributed by atoms with Crippen molar-refractivity contribution in [2.24, 2.45) is 0 Å². The predicted molar refractivity (Wildman–Crippen MR) is 75.9 cm³/mol. The van der Waals surface area contributed by atoms with E-state index in [1.54, 1.807) is 12.3 Å². The zero-order valence-corrected chi connectivity index (χ0v) is 12.7. The van der Waals surface area contributed by atoms with Gasteiger partial charge in [-0.15, -0.1) is 11.3 Å². The molecule has 0 spiro atoms. The fourth-order valence-corrected chi connectivity index (χ4v) is 4.72. The fraction of sp³-hybridized carbons (Fsp3) is 0.545. The van der Waals surface area contributed by atoms with Crippen molar-refractivity contribution >= 4 is 33.0 Å². The summed E-state index contributed by atoms with van der Waals surface area (Å²) in [5.41, 5.74) is 5.97. The summed E-state index contributed by atoms with van der Waals surface area (Å²) in [6.45, 7) is 2.71. The van der Waals surface area contributed by atoms with Crippen molar-refractivity contribution in [3.8, 4) is 0 Å². The summed E-state index contributed by atoms with van der Waals surface area (Å²) in [5, 5.41) is 4.19. The number of carbonyl (C=O) groups excluding carboxylic acids is 1. The Bertz CT molecular complexity index is 584. The number of rotatable bonds is 4. The smallest absolute Gasteiger partial charge is 0.253 e. The van der Waals surface area contributed by atoms with E-state index >= 15 is 0 Å². The van der Waals surface area contributed by atoms with Gasteiger partial charge >= 0.3 is 0 Å². The van der Waals surface area contributed by atoms with Gasteiger partial charge in [0.15, 0.2) is 0 Å². The predicted octanol–water partition coefficient (Wildman–Crippen LogP) is -0.144. The lowest BCUT2D eigenvalue weighted by Crippen LogP contribution is -2.55. The van der Waals surface area contributed by atoms with Crippen LogP contribution in [0.5, 0.6) is 0 Å². The highest BCUT2D eigenvalue weighted by Crippen LogP contribution is 2.27. The molecule has 1 aromatic heterocycles. The van der Waals surface area contributed by atoms with E-state index in [-0.39, 0.29) is 29.9 Å². The van der Waals surface area contributed by atoms with Gasteiger partial charge in [-0.2, -0.15) is 4.31 Å². The van der Waals surface area contributed by atoms with Crippen molar-refractivity contribution in [2.45, 2.75) is 17.2 Å². The summed E-state index contributed by atoms with van der Waals surface area (Å²) in [4.78, 5) is 12.0. The number of anilines is 1. The number of carbonyl (C=O) groups is 1. The van der Waals surface area contributed by atoms with Crippen LogP contribution in [0.1, 0.15) is 6.92 Å². The van der Waals surface area contributed by atoms with Gasteiger partial charge in [0.2, 0.25) is 5.91 Å². The van der Waals surface area contributed by atoms with Crippen LogP contribution < -0.4 is 11.1 Å². The molecule has 0 aromatic carbocycles.